The topological polar surface area (TPSA) is 89.9 Å². The fourth-order valence-electron chi connectivity index (χ4n) is 2.09. The number of piperazine rings is 1. The van der Waals surface area contributed by atoms with Gasteiger partial charge in [0.25, 0.3) is 5.91 Å². The average molecular weight is 264 g/mol. The van der Waals surface area contributed by atoms with E-state index in [2.05, 4.69) is 5.32 Å². The number of aromatic hydroxyl groups is 1. The first-order chi connectivity index (χ1) is 8.99. The van der Waals surface area contributed by atoms with Crippen LogP contribution in [0.25, 0.3) is 0 Å². The van der Waals surface area contributed by atoms with E-state index in [4.69, 9.17) is 5.11 Å². The van der Waals surface area contributed by atoms with E-state index in [-0.39, 0.29) is 23.8 Å². The van der Waals surface area contributed by atoms with Crippen molar-refractivity contribution in [3.8, 4) is 5.75 Å². The van der Waals surface area contributed by atoms with Crippen molar-refractivity contribution in [3.05, 3.63) is 29.3 Å². The average Bonchev–Trinajstić information content (AvgIpc) is 2.38. The molecule has 0 unspecified atom stereocenters. The fourth-order valence-corrected chi connectivity index (χ4v) is 2.09. The van der Waals surface area contributed by atoms with E-state index in [0.29, 0.717) is 13.1 Å². The summed E-state index contributed by atoms with van der Waals surface area (Å²) in [6, 6.07) is 4.06. The maximum absolute atomic E-state index is 12.2. The molecule has 1 aromatic carbocycles. The fraction of sp³-hybridized carbons (Fsp3) is 0.385. The van der Waals surface area contributed by atoms with Crippen LogP contribution in [0.15, 0.2) is 18.2 Å². The van der Waals surface area contributed by atoms with Gasteiger partial charge in [-0.05, 0) is 24.6 Å². The van der Waals surface area contributed by atoms with Crippen LogP contribution in [0.3, 0.4) is 0 Å². The Morgan fingerprint density at radius 3 is 2.79 bits per heavy atom. The lowest BCUT2D eigenvalue weighted by atomic mass is 10.1. The van der Waals surface area contributed by atoms with E-state index < -0.39 is 12.0 Å². The van der Waals surface area contributed by atoms with Crippen LogP contribution in [-0.2, 0) is 4.79 Å². The number of phenolic OH excluding ortho intramolecular Hbond substituents is 1. The molecule has 0 bridgehead atoms. The summed E-state index contributed by atoms with van der Waals surface area (Å²) in [7, 11) is 0. The summed E-state index contributed by atoms with van der Waals surface area (Å²) >= 11 is 0. The van der Waals surface area contributed by atoms with Crippen molar-refractivity contribution in [2.45, 2.75) is 13.0 Å². The normalized spacial score (nSPS) is 19.2. The molecule has 0 spiro atoms. The van der Waals surface area contributed by atoms with Gasteiger partial charge in [0.1, 0.15) is 11.8 Å². The van der Waals surface area contributed by atoms with Gasteiger partial charge in [-0.15, -0.1) is 0 Å². The molecule has 1 aromatic rings. The number of nitrogens with zero attached hydrogens (tertiary/aromatic N) is 1. The predicted octanol–water partition coefficient (Wildman–Crippen LogP) is 0.199. The van der Waals surface area contributed by atoms with Crippen LogP contribution in [0, 0.1) is 6.92 Å². The number of carbonyl (C=O) groups is 2. The van der Waals surface area contributed by atoms with Crippen molar-refractivity contribution in [2.24, 2.45) is 0 Å². The lowest BCUT2D eigenvalue weighted by Crippen LogP contribution is -2.55. The third kappa shape index (κ3) is 2.85. The molecular formula is C13H16N2O4. The van der Waals surface area contributed by atoms with Crippen LogP contribution in [0.2, 0.25) is 0 Å². The van der Waals surface area contributed by atoms with Gasteiger partial charge >= 0.3 is 5.97 Å². The van der Waals surface area contributed by atoms with Gasteiger partial charge in [-0.2, -0.15) is 0 Å². The molecule has 6 nitrogen and oxygen atoms in total. The molecule has 3 N–H and O–H groups in total. The van der Waals surface area contributed by atoms with Gasteiger partial charge < -0.3 is 20.4 Å². The number of rotatable bonds is 2. The molecule has 0 aliphatic carbocycles. The number of phenols is 1. The maximum atomic E-state index is 12.2. The summed E-state index contributed by atoms with van der Waals surface area (Å²) in [4.78, 5) is 24.6. The van der Waals surface area contributed by atoms with E-state index in [1.807, 2.05) is 6.92 Å². The van der Waals surface area contributed by atoms with Crippen molar-refractivity contribution < 1.29 is 19.8 Å². The van der Waals surface area contributed by atoms with E-state index in [1.165, 1.54) is 11.0 Å². The van der Waals surface area contributed by atoms with Gasteiger partial charge in [0.15, 0.2) is 0 Å². The van der Waals surface area contributed by atoms with Crippen LogP contribution in [0.5, 0.6) is 5.75 Å². The quantitative estimate of drug-likeness (QED) is 0.710. The van der Waals surface area contributed by atoms with E-state index >= 15 is 0 Å². The number of carbonyl (C=O) groups excluding carboxylic acids is 1. The van der Waals surface area contributed by atoms with Crippen molar-refractivity contribution in [1.29, 1.82) is 0 Å². The second-order valence-corrected chi connectivity index (χ2v) is 4.62. The lowest BCUT2D eigenvalue weighted by Gasteiger charge is -2.31. The third-order valence-electron chi connectivity index (χ3n) is 3.14. The van der Waals surface area contributed by atoms with Crippen molar-refractivity contribution in [1.82, 2.24) is 10.2 Å². The standard InChI is InChI=1S/C13H16N2O4/c1-8-2-3-9(11(16)6-8)12(17)15-5-4-14-10(7-15)13(18)19/h2-3,6,10,14,16H,4-5,7H2,1H3,(H,18,19)/t10-/m1/s1. The molecule has 0 saturated carbocycles. The number of benzene rings is 1. The molecular weight excluding hydrogens is 248 g/mol. The van der Waals surface area contributed by atoms with Crippen LogP contribution in [0.4, 0.5) is 0 Å². The Kier molecular flexibility index (Phi) is 3.71. The number of hydrogen-bond acceptors (Lipinski definition) is 4. The second kappa shape index (κ2) is 5.27. The monoisotopic (exact) mass is 264 g/mol. The van der Waals surface area contributed by atoms with Crippen LogP contribution < -0.4 is 5.32 Å². The smallest absolute Gasteiger partial charge is 0.322 e. The Morgan fingerprint density at radius 2 is 2.16 bits per heavy atom. The molecule has 1 aliphatic rings. The van der Waals surface area contributed by atoms with E-state index in [1.54, 1.807) is 12.1 Å². The summed E-state index contributed by atoms with van der Waals surface area (Å²) in [5, 5.41) is 21.6. The minimum absolute atomic E-state index is 0.0737. The summed E-state index contributed by atoms with van der Waals surface area (Å²) in [6.07, 6.45) is 0. The molecule has 1 aliphatic heterocycles. The molecule has 1 fully saturated rings. The summed E-state index contributed by atoms with van der Waals surface area (Å²) in [6.45, 7) is 2.77. The third-order valence-corrected chi connectivity index (χ3v) is 3.14. The minimum atomic E-state index is -0.981. The number of hydrogen-bond donors (Lipinski definition) is 3. The predicted molar refractivity (Wildman–Crippen MR) is 68.2 cm³/mol. The largest absolute Gasteiger partial charge is 0.507 e. The first-order valence-electron chi connectivity index (χ1n) is 6.04. The number of carboxylic acids is 1. The molecule has 0 radical (unpaired) electrons. The Bertz CT molecular complexity index is 515. The SMILES string of the molecule is Cc1ccc(C(=O)N2CCN[C@@H](C(=O)O)C2)c(O)c1. The molecule has 102 valence electrons. The van der Waals surface area contributed by atoms with Crippen molar-refractivity contribution >= 4 is 11.9 Å². The number of amides is 1. The van der Waals surface area contributed by atoms with Gasteiger partial charge in [0, 0.05) is 19.6 Å². The van der Waals surface area contributed by atoms with Gasteiger partial charge in [-0.3, -0.25) is 9.59 Å². The van der Waals surface area contributed by atoms with Crippen molar-refractivity contribution in [3.63, 3.8) is 0 Å². The highest BCUT2D eigenvalue weighted by Gasteiger charge is 2.29. The highest BCUT2D eigenvalue weighted by Crippen LogP contribution is 2.20. The Hall–Kier alpha value is -2.08. The zero-order valence-corrected chi connectivity index (χ0v) is 10.6. The van der Waals surface area contributed by atoms with Gasteiger partial charge in [-0.1, -0.05) is 6.07 Å². The maximum Gasteiger partial charge on any atom is 0.322 e. The first kappa shape index (κ1) is 13.4. The minimum Gasteiger partial charge on any atom is -0.507 e. The summed E-state index contributed by atoms with van der Waals surface area (Å²) in [5.41, 5.74) is 1.06. The Balaban J connectivity index is 2.17. The Labute approximate surface area is 110 Å². The molecule has 2 rings (SSSR count). The summed E-state index contributed by atoms with van der Waals surface area (Å²) < 4.78 is 0. The van der Waals surface area contributed by atoms with Crippen LogP contribution in [-0.4, -0.2) is 52.7 Å². The molecule has 19 heavy (non-hydrogen) atoms. The zero-order valence-electron chi connectivity index (χ0n) is 10.6. The zero-order chi connectivity index (χ0) is 14.0. The highest BCUT2D eigenvalue weighted by molar-refractivity contribution is 5.97. The second-order valence-electron chi connectivity index (χ2n) is 4.62. The molecule has 1 heterocycles. The molecule has 1 saturated heterocycles. The number of carboxylic acid groups (broad SMARTS) is 1. The molecule has 1 atom stereocenters. The lowest BCUT2D eigenvalue weighted by molar-refractivity contribution is -0.140. The number of aryl methyl sites for hydroxylation is 1. The highest BCUT2D eigenvalue weighted by atomic mass is 16.4. The molecule has 6 heteroatoms. The van der Waals surface area contributed by atoms with Crippen LogP contribution in [0.1, 0.15) is 15.9 Å². The van der Waals surface area contributed by atoms with Gasteiger partial charge in [0.05, 0.1) is 5.56 Å². The molecule has 0 aromatic heterocycles. The van der Waals surface area contributed by atoms with Crippen LogP contribution >= 0.6 is 0 Å². The Morgan fingerprint density at radius 1 is 1.42 bits per heavy atom. The van der Waals surface area contributed by atoms with E-state index in [9.17, 15) is 14.7 Å². The van der Waals surface area contributed by atoms with Gasteiger partial charge in [0.2, 0.25) is 0 Å². The van der Waals surface area contributed by atoms with Crippen molar-refractivity contribution in [2.75, 3.05) is 19.6 Å². The number of nitrogens with one attached hydrogen (secondary N) is 1. The first-order valence-corrected chi connectivity index (χ1v) is 6.04. The van der Waals surface area contributed by atoms with E-state index in [0.717, 1.165) is 5.56 Å². The molecule has 1 amide bonds. The number of aliphatic carboxylic acids is 1. The van der Waals surface area contributed by atoms with Gasteiger partial charge in [-0.25, -0.2) is 0 Å². The summed E-state index contributed by atoms with van der Waals surface area (Å²) in [5.74, 6) is -1.40.